The van der Waals surface area contributed by atoms with Gasteiger partial charge in [0, 0.05) is 37.1 Å². The lowest BCUT2D eigenvalue weighted by molar-refractivity contribution is -0.135. The fourth-order valence-electron chi connectivity index (χ4n) is 4.45. The lowest BCUT2D eigenvalue weighted by atomic mass is 10.1. The Labute approximate surface area is 229 Å². The summed E-state index contributed by atoms with van der Waals surface area (Å²) in [6, 6.07) is 9.70. The van der Waals surface area contributed by atoms with Gasteiger partial charge in [-0.05, 0) is 43.2 Å². The second kappa shape index (κ2) is 11.4. The number of ketones is 1. The maximum absolute atomic E-state index is 13.3. The van der Waals surface area contributed by atoms with Gasteiger partial charge in [-0.15, -0.1) is 0 Å². The first-order chi connectivity index (χ1) is 18.8. The average molecular weight is 554 g/mol. The summed E-state index contributed by atoms with van der Waals surface area (Å²) in [6.45, 7) is 3.07. The zero-order valence-corrected chi connectivity index (χ0v) is 22.1. The summed E-state index contributed by atoms with van der Waals surface area (Å²) in [7, 11) is 0. The molecule has 0 atom stereocenters. The summed E-state index contributed by atoms with van der Waals surface area (Å²) < 4.78 is 6.76. The molecule has 3 aromatic rings. The molecule has 12 nitrogen and oxygen atoms in total. The highest BCUT2D eigenvalue weighted by Crippen LogP contribution is 2.28. The molecule has 3 heterocycles. The Morgan fingerprint density at radius 3 is 2.56 bits per heavy atom. The van der Waals surface area contributed by atoms with Crippen LogP contribution < -0.4 is 10.6 Å². The summed E-state index contributed by atoms with van der Waals surface area (Å²) in [4.78, 5) is 58.2. The number of aromatic nitrogens is 3. The summed E-state index contributed by atoms with van der Waals surface area (Å²) in [5.41, 5.74) is 1.28. The van der Waals surface area contributed by atoms with E-state index >= 15 is 0 Å². The number of hydrogen-bond donors (Lipinski definition) is 2. The van der Waals surface area contributed by atoms with Gasteiger partial charge in [0.1, 0.15) is 29.8 Å². The molecular weight excluding hydrogens is 526 g/mol. The number of ether oxygens (including phenoxy) is 1. The van der Waals surface area contributed by atoms with Crippen LogP contribution in [0.4, 0.5) is 16.3 Å². The van der Waals surface area contributed by atoms with Gasteiger partial charge in [-0.2, -0.15) is 5.10 Å². The van der Waals surface area contributed by atoms with Crippen molar-refractivity contribution in [3.63, 3.8) is 0 Å². The molecule has 1 aromatic carbocycles. The minimum absolute atomic E-state index is 0.0355. The lowest BCUT2D eigenvalue weighted by Crippen LogP contribution is -2.43. The van der Waals surface area contributed by atoms with Gasteiger partial charge in [-0.25, -0.2) is 9.78 Å². The number of benzene rings is 1. The lowest BCUT2D eigenvalue weighted by Gasteiger charge is -2.26. The number of pyridine rings is 1. The minimum Gasteiger partial charge on any atom is -0.378 e. The predicted molar refractivity (Wildman–Crippen MR) is 144 cm³/mol. The summed E-state index contributed by atoms with van der Waals surface area (Å²) in [6.07, 6.45) is 1.61. The van der Waals surface area contributed by atoms with Gasteiger partial charge in [0.15, 0.2) is 5.78 Å². The molecule has 13 heteroatoms. The first-order valence-electron chi connectivity index (χ1n) is 12.7. The average Bonchev–Trinajstić information content (AvgIpc) is 3.69. The first kappa shape index (κ1) is 26.6. The Morgan fingerprint density at radius 1 is 1.10 bits per heavy atom. The number of Topliss-reactive ketones (excluding diaryl/α,β-unsaturated/α-hetero) is 1. The second-order valence-electron chi connectivity index (χ2n) is 9.47. The molecule has 1 saturated heterocycles. The molecular formula is C26H28ClN7O5. The highest BCUT2D eigenvalue weighted by atomic mass is 35.5. The van der Waals surface area contributed by atoms with Crippen LogP contribution in [0.25, 0.3) is 10.9 Å². The van der Waals surface area contributed by atoms with E-state index in [1.54, 1.807) is 41.3 Å². The number of anilines is 2. The van der Waals surface area contributed by atoms with E-state index in [4.69, 9.17) is 16.3 Å². The molecule has 1 saturated carbocycles. The number of urea groups is 1. The van der Waals surface area contributed by atoms with Gasteiger partial charge >= 0.3 is 6.03 Å². The smallest absolute Gasteiger partial charge is 0.321 e. The zero-order chi connectivity index (χ0) is 27.5. The molecule has 204 valence electrons. The normalized spacial score (nSPS) is 15.2. The van der Waals surface area contributed by atoms with E-state index in [-0.39, 0.29) is 53.6 Å². The van der Waals surface area contributed by atoms with Crippen LogP contribution in [0.15, 0.2) is 36.4 Å². The van der Waals surface area contributed by atoms with Crippen LogP contribution in [-0.2, 0) is 20.9 Å². The van der Waals surface area contributed by atoms with E-state index in [9.17, 15) is 19.2 Å². The number of nitrogens with zero attached hydrogens (tertiary/aromatic N) is 5. The molecule has 0 unspecified atom stereocenters. The van der Waals surface area contributed by atoms with Gasteiger partial charge in [-0.1, -0.05) is 17.7 Å². The third-order valence-corrected chi connectivity index (χ3v) is 6.73. The van der Waals surface area contributed by atoms with E-state index < -0.39 is 0 Å². The topological polar surface area (TPSA) is 139 Å². The Morgan fingerprint density at radius 2 is 1.87 bits per heavy atom. The monoisotopic (exact) mass is 553 g/mol. The van der Waals surface area contributed by atoms with Crippen molar-refractivity contribution in [2.24, 2.45) is 0 Å². The van der Waals surface area contributed by atoms with Crippen molar-refractivity contribution in [2.45, 2.75) is 32.4 Å². The van der Waals surface area contributed by atoms with Crippen molar-refractivity contribution in [1.82, 2.24) is 24.6 Å². The Bertz CT molecular complexity index is 1430. The minimum atomic E-state index is -0.389. The molecule has 2 aromatic heterocycles. The Balaban J connectivity index is 1.31. The summed E-state index contributed by atoms with van der Waals surface area (Å²) in [5.74, 6) is -0.650. The van der Waals surface area contributed by atoms with E-state index in [2.05, 4.69) is 20.7 Å². The van der Waals surface area contributed by atoms with Crippen LogP contribution in [0.2, 0.25) is 5.15 Å². The molecule has 4 amide bonds. The van der Waals surface area contributed by atoms with Gasteiger partial charge in [0.2, 0.25) is 11.8 Å². The molecule has 0 spiro atoms. The maximum Gasteiger partial charge on any atom is 0.321 e. The van der Waals surface area contributed by atoms with Gasteiger partial charge in [-0.3, -0.25) is 19.1 Å². The number of halogens is 1. The molecule has 1 aliphatic carbocycles. The van der Waals surface area contributed by atoms with Crippen LogP contribution in [-0.4, -0.2) is 87.1 Å². The second-order valence-corrected chi connectivity index (χ2v) is 9.86. The third-order valence-electron chi connectivity index (χ3n) is 6.52. The quantitative estimate of drug-likeness (QED) is 0.323. The van der Waals surface area contributed by atoms with Crippen LogP contribution in [0.5, 0.6) is 0 Å². The first-order valence-corrected chi connectivity index (χ1v) is 13.0. The molecule has 0 bridgehead atoms. The standard InChI is InChI=1S/C26H28ClN7O5/c1-16(35)25-19-13-17(28-26(38)32-9-11-39-12-10-32)5-8-20(19)34(31-25)15-24(37)33(18-6-7-18)14-23(36)30-22-4-2-3-21(27)29-22/h2-5,8,13,18H,6-7,9-12,14-15H2,1H3,(H,28,38)(H,29,30,36). The van der Waals surface area contributed by atoms with E-state index in [0.29, 0.717) is 48.7 Å². The van der Waals surface area contributed by atoms with Crippen molar-refractivity contribution >= 4 is 57.6 Å². The van der Waals surface area contributed by atoms with E-state index in [0.717, 1.165) is 12.8 Å². The Kier molecular flexibility index (Phi) is 7.75. The molecule has 5 rings (SSSR count). The van der Waals surface area contributed by atoms with Crippen LogP contribution in [0.1, 0.15) is 30.3 Å². The van der Waals surface area contributed by atoms with Crippen molar-refractivity contribution in [2.75, 3.05) is 43.5 Å². The number of nitrogens with one attached hydrogen (secondary N) is 2. The fourth-order valence-corrected chi connectivity index (χ4v) is 4.61. The summed E-state index contributed by atoms with van der Waals surface area (Å²) in [5, 5.41) is 10.7. The fraction of sp³-hybridized carbons (Fsp3) is 0.385. The number of amides is 4. The van der Waals surface area contributed by atoms with Crippen LogP contribution >= 0.6 is 11.6 Å². The van der Waals surface area contributed by atoms with Crippen molar-refractivity contribution < 1.29 is 23.9 Å². The number of fused-ring (bicyclic) bond motifs is 1. The predicted octanol–water partition coefficient (Wildman–Crippen LogP) is 2.78. The maximum atomic E-state index is 13.3. The number of carbonyl (C=O) groups is 4. The molecule has 39 heavy (non-hydrogen) atoms. The number of rotatable bonds is 8. The molecule has 0 radical (unpaired) electrons. The van der Waals surface area contributed by atoms with Crippen LogP contribution in [0, 0.1) is 0 Å². The molecule has 2 aliphatic rings. The highest BCUT2D eigenvalue weighted by molar-refractivity contribution is 6.29. The number of hydrogen-bond acceptors (Lipinski definition) is 7. The van der Waals surface area contributed by atoms with Gasteiger partial charge in [0.25, 0.3) is 0 Å². The highest BCUT2D eigenvalue weighted by Gasteiger charge is 2.34. The zero-order valence-electron chi connectivity index (χ0n) is 21.4. The van der Waals surface area contributed by atoms with Crippen molar-refractivity contribution in [3.05, 3.63) is 47.2 Å². The Hall–Kier alpha value is -4.03. The van der Waals surface area contributed by atoms with Crippen molar-refractivity contribution in [3.8, 4) is 0 Å². The SMILES string of the molecule is CC(=O)c1nn(CC(=O)N(CC(=O)Nc2cccc(Cl)n2)C2CC2)c2ccc(NC(=O)N3CCOCC3)cc12. The number of morpholine rings is 1. The van der Waals surface area contributed by atoms with Gasteiger partial charge in [0.05, 0.1) is 18.7 Å². The molecule has 2 fully saturated rings. The van der Waals surface area contributed by atoms with Crippen LogP contribution in [0.3, 0.4) is 0 Å². The van der Waals surface area contributed by atoms with E-state index in [1.807, 2.05) is 0 Å². The van der Waals surface area contributed by atoms with Crippen molar-refractivity contribution in [1.29, 1.82) is 0 Å². The molecule has 2 N–H and O–H groups in total. The van der Waals surface area contributed by atoms with Gasteiger partial charge < -0.3 is 25.2 Å². The largest absolute Gasteiger partial charge is 0.378 e. The van der Waals surface area contributed by atoms with E-state index in [1.165, 1.54) is 16.5 Å². The third kappa shape index (κ3) is 6.35. The molecule has 1 aliphatic heterocycles. The number of carbonyl (C=O) groups excluding carboxylic acids is 4. The summed E-state index contributed by atoms with van der Waals surface area (Å²) >= 11 is 5.89.